The van der Waals surface area contributed by atoms with Crippen molar-refractivity contribution in [2.24, 2.45) is 45.9 Å². The van der Waals surface area contributed by atoms with Crippen LogP contribution in [0.1, 0.15) is 149 Å². The normalized spacial score (nSPS) is 14.4. The maximum atomic E-state index is 14.5. The van der Waals surface area contributed by atoms with E-state index in [1.807, 2.05) is 0 Å². The molecule has 786 valence electrons. The minimum atomic E-state index is -1.48. The standard InChI is InChI=1S/C89H143N37O17/c1-45(115-77(137)60(31-19-37-106-86(96)97)122-80(140)62(33-21-39-108-88(100)101)121-76(136)57(90)28-17-35-104-84(92)93)68(128)112-50(6)73(133)124-65(42-54-25-13-10-14-26-54)82(142)117-47(3)70(130)114-52(8)75(135)126-66(43-55-44-110-58-29-16-15-27-56(55)58)83(143)118-48(4)71(131)113-51(7)74(134)125-64(41-53-23-11-9-12-24-53)81(141)116-46(2)69(129)111-49(5)72(132)120-61(32-20-38-107-87(98)99)79(139)123-63(34-22-40-109-89(102)103)78(138)119-59(67(91)127)30-18-36-105-85(94)95/h9-16,23-27,29,44-52,57,59-66,110H,17-22,28,30-43,90H2,1-8H3,(H2,91,127)(H,111,129)(H,112,128)(H,113,131)(H,114,130)(H,115,137)(H,116,141)(H,117,142)(H,118,143)(H,119,138)(H,120,132)(H,121,136)(H,122,140)(H,123,139)(H,124,133)(H,125,134)(H,126,135)(H4,92,93,104)(H4,94,95,105)(H4,96,97,106)(H4,98,99,107)(H4,100,101,108)(H4,102,103,109)/t45-,46-,47-,48-,49-,50-,51-,52-,57-,59-,60-,61-,62-,63-,64-,65-,66-/m0/s1. The molecule has 0 spiro atoms. The average molecular weight is 2000 g/mol. The fourth-order valence-corrected chi connectivity index (χ4v) is 13.9. The van der Waals surface area contributed by atoms with Crippen molar-refractivity contribution < 1.29 is 81.5 Å². The molecule has 17 amide bonds. The molecular formula is C89H143N37O17. The summed E-state index contributed by atoms with van der Waals surface area (Å²) in [7, 11) is 0. The van der Waals surface area contributed by atoms with Gasteiger partial charge in [0.15, 0.2) is 35.8 Å². The third-order valence-electron chi connectivity index (χ3n) is 22.0. The van der Waals surface area contributed by atoms with Crippen LogP contribution in [0, 0.1) is 32.5 Å². The third kappa shape index (κ3) is 45.5. The quantitative estimate of drug-likeness (QED) is 0.0111. The second-order valence-electron chi connectivity index (χ2n) is 34.2. The largest absolute Gasteiger partial charge is 0.370 e. The molecule has 0 saturated heterocycles. The van der Waals surface area contributed by atoms with Crippen LogP contribution in [0.4, 0.5) is 0 Å². The van der Waals surface area contributed by atoms with Gasteiger partial charge in [0, 0.05) is 75.6 Å². The molecule has 0 saturated carbocycles. The van der Waals surface area contributed by atoms with Crippen LogP contribution in [0.2, 0.25) is 0 Å². The van der Waals surface area contributed by atoms with Gasteiger partial charge in [-0.2, -0.15) is 0 Å². The first-order valence-corrected chi connectivity index (χ1v) is 46.6. The highest BCUT2D eigenvalue weighted by atomic mass is 16.2. The van der Waals surface area contributed by atoms with E-state index >= 15 is 0 Å². The highest BCUT2D eigenvalue weighted by Gasteiger charge is 2.38. The van der Waals surface area contributed by atoms with Gasteiger partial charge in [-0.05, 0) is 155 Å². The molecule has 0 fully saturated rings. The molecule has 1 aromatic heterocycles. The highest BCUT2D eigenvalue weighted by molar-refractivity contribution is 6.02. The van der Waals surface area contributed by atoms with Gasteiger partial charge in [0.05, 0.1) is 6.04 Å². The predicted octanol–water partition coefficient (Wildman–Crippen LogP) is -9.50. The van der Waals surface area contributed by atoms with Crippen LogP contribution in [-0.2, 0) is 101 Å². The van der Waals surface area contributed by atoms with Gasteiger partial charge >= 0.3 is 0 Å². The smallest absolute Gasteiger partial charge is 0.243 e. The number of nitrogens with two attached hydrogens (primary N) is 8. The van der Waals surface area contributed by atoms with Gasteiger partial charge in [-0.1, -0.05) is 78.9 Å². The number of benzene rings is 3. The Morgan fingerprint density at radius 1 is 0.252 bits per heavy atom. The van der Waals surface area contributed by atoms with Crippen molar-refractivity contribution in [3.63, 3.8) is 0 Å². The van der Waals surface area contributed by atoms with Crippen molar-refractivity contribution in [1.82, 2.24) is 122 Å². The van der Waals surface area contributed by atoms with Crippen LogP contribution >= 0.6 is 0 Å². The molecule has 17 atom stereocenters. The number of fused-ring (bicyclic) bond motifs is 1. The Morgan fingerprint density at radius 3 is 0.748 bits per heavy atom. The SMILES string of the molecule is C[C@H](NC(=O)[C@H](C)NC(=O)[C@H](Cc1ccccc1)NC(=O)[C@H](C)NC(=O)[C@H](C)NC(=O)[C@H](CCCNC(=N)N)NC(=O)[C@H](CCCNC(=N)N)NC(=O)[C@@H](N)CCCNC(=N)N)C(=O)N[C@@H](Cc1c[nH]c2ccccc12)C(=O)N[C@@H](C)C(=O)N[C@@H](C)C(=O)N[C@@H](Cc1ccccc1)C(=O)N[C@@H](C)C(=O)N[C@@H](C)C(=O)N[C@@H](CCCNC(=N)N)C(=O)N[C@@H](CCCNC(=N)N)C(=O)N[C@@H](CCCNC(=N)N)C(N)=O. The molecule has 54 heteroatoms. The van der Waals surface area contributed by atoms with E-state index in [2.05, 4.69) is 122 Å². The number of amides is 17. The summed E-state index contributed by atoms with van der Waals surface area (Å²) < 4.78 is 0. The number of aromatic nitrogens is 1. The van der Waals surface area contributed by atoms with E-state index in [-0.39, 0.29) is 159 Å². The summed E-state index contributed by atoms with van der Waals surface area (Å²) in [6.07, 6.45) is 2.03. The summed E-state index contributed by atoms with van der Waals surface area (Å²) in [6.45, 7) is 11.0. The Balaban J connectivity index is 1.46. The number of nitrogens with one attached hydrogen (secondary N) is 29. The van der Waals surface area contributed by atoms with E-state index in [1.165, 1.54) is 55.4 Å². The number of para-hydroxylation sites is 1. The number of hydrogen-bond donors (Lipinski definition) is 37. The maximum absolute atomic E-state index is 14.5. The highest BCUT2D eigenvalue weighted by Crippen LogP contribution is 2.20. The van der Waals surface area contributed by atoms with Crippen molar-refractivity contribution in [2.45, 2.75) is 254 Å². The zero-order valence-corrected chi connectivity index (χ0v) is 81.4. The number of aromatic amines is 1. The van der Waals surface area contributed by atoms with Crippen molar-refractivity contribution in [3.8, 4) is 0 Å². The molecule has 54 nitrogen and oxygen atoms in total. The van der Waals surface area contributed by atoms with Crippen LogP contribution < -0.4 is 163 Å². The fourth-order valence-electron chi connectivity index (χ4n) is 13.9. The lowest BCUT2D eigenvalue weighted by Gasteiger charge is -2.26. The molecule has 3 aromatic carbocycles. The summed E-state index contributed by atoms with van der Waals surface area (Å²) >= 11 is 0. The molecular weight excluding hydrogens is 1860 g/mol. The number of carbonyl (C=O) groups is 17. The minimum absolute atomic E-state index is 0.0116. The Morgan fingerprint density at radius 2 is 0.462 bits per heavy atom. The van der Waals surface area contributed by atoms with Gasteiger partial charge in [-0.3, -0.25) is 114 Å². The Hall–Kier alpha value is -16.2. The van der Waals surface area contributed by atoms with E-state index in [9.17, 15) is 81.5 Å². The average Bonchev–Trinajstić information content (AvgIpc) is 1.69. The summed E-state index contributed by atoms with van der Waals surface area (Å²) in [4.78, 5) is 241. The van der Waals surface area contributed by atoms with Crippen LogP contribution in [0.5, 0.6) is 0 Å². The topological polar surface area (TPSA) is 922 Å². The molecule has 4 aromatic rings. The Bertz CT molecular complexity index is 5050. The number of rotatable bonds is 63. The second kappa shape index (κ2) is 62.0. The number of guanidine groups is 6. The Kier molecular flexibility index (Phi) is 51.6. The zero-order valence-electron chi connectivity index (χ0n) is 81.4. The summed E-state index contributed by atoms with van der Waals surface area (Å²) in [5.41, 5.74) is 46.6. The number of carbonyl (C=O) groups excluding carboxylic acids is 17. The lowest BCUT2D eigenvalue weighted by Crippen LogP contribution is -2.60. The predicted molar refractivity (Wildman–Crippen MR) is 531 cm³/mol. The second-order valence-corrected chi connectivity index (χ2v) is 34.2. The van der Waals surface area contributed by atoms with Gasteiger partial charge in [0.25, 0.3) is 0 Å². The first-order chi connectivity index (χ1) is 67.5. The van der Waals surface area contributed by atoms with Crippen LogP contribution in [0.15, 0.2) is 91.1 Å². The molecule has 0 bridgehead atoms. The van der Waals surface area contributed by atoms with E-state index in [4.69, 9.17) is 78.3 Å². The summed E-state index contributed by atoms with van der Waals surface area (Å²) in [5.74, 6) is -17.2. The molecule has 143 heavy (non-hydrogen) atoms. The lowest BCUT2D eigenvalue weighted by atomic mass is 10.0. The van der Waals surface area contributed by atoms with Crippen molar-refractivity contribution in [1.29, 1.82) is 32.5 Å². The third-order valence-corrected chi connectivity index (χ3v) is 22.0. The number of hydrogen-bond acceptors (Lipinski definition) is 24. The van der Waals surface area contributed by atoms with Gasteiger partial charge in [0.1, 0.15) is 96.7 Å². The first kappa shape index (κ1) is 119. The van der Waals surface area contributed by atoms with Crippen molar-refractivity contribution >= 4 is 147 Å². The van der Waals surface area contributed by atoms with Gasteiger partial charge in [0.2, 0.25) is 100 Å². The molecule has 4 rings (SSSR count). The lowest BCUT2D eigenvalue weighted by molar-refractivity contribution is -0.135. The number of H-pyrrole nitrogens is 1. The monoisotopic (exact) mass is 2000 g/mol. The van der Waals surface area contributed by atoms with Crippen LogP contribution in [0.3, 0.4) is 0 Å². The van der Waals surface area contributed by atoms with E-state index < -0.39 is 209 Å². The van der Waals surface area contributed by atoms with Gasteiger partial charge in [-0.25, -0.2) is 0 Å². The van der Waals surface area contributed by atoms with E-state index in [0.29, 0.717) is 34.0 Å². The van der Waals surface area contributed by atoms with Crippen LogP contribution in [-0.4, -0.2) is 283 Å². The molecule has 0 aliphatic heterocycles. The molecule has 1 heterocycles. The molecule has 0 aliphatic carbocycles. The van der Waals surface area contributed by atoms with E-state index in [1.54, 1.807) is 91.1 Å². The van der Waals surface area contributed by atoms with Crippen molar-refractivity contribution in [3.05, 3.63) is 108 Å². The number of primary amides is 1. The first-order valence-electron chi connectivity index (χ1n) is 46.6. The van der Waals surface area contributed by atoms with Crippen LogP contribution in [0.25, 0.3) is 10.9 Å². The molecule has 0 radical (unpaired) electrons. The summed E-state index contributed by atoms with van der Waals surface area (Å²) in [5, 5.41) is 102. The van der Waals surface area contributed by atoms with Gasteiger partial charge < -0.3 is 168 Å². The molecule has 0 aliphatic rings. The minimum Gasteiger partial charge on any atom is -0.370 e. The maximum Gasteiger partial charge on any atom is 0.243 e. The summed E-state index contributed by atoms with van der Waals surface area (Å²) in [6, 6.07) is 0.226. The Labute approximate surface area is 826 Å². The van der Waals surface area contributed by atoms with Gasteiger partial charge in [-0.15, -0.1) is 0 Å². The van der Waals surface area contributed by atoms with Crippen molar-refractivity contribution in [2.75, 3.05) is 39.3 Å². The molecule has 45 N–H and O–H groups in total. The van der Waals surface area contributed by atoms with E-state index in [0.717, 1.165) is 0 Å². The molecule has 0 unspecified atom stereocenters. The zero-order chi connectivity index (χ0) is 107. The fraction of sp³-hybridized carbons (Fsp3) is 0.517.